The fourth-order valence-electron chi connectivity index (χ4n) is 4.65. The summed E-state index contributed by atoms with van der Waals surface area (Å²) in [7, 11) is -2.16. The van der Waals surface area contributed by atoms with Crippen molar-refractivity contribution in [2.24, 2.45) is 0 Å². The molecule has 0 saturated carbocycles. The van der Waals surface area contributed by atoms with E-state index in [0.717, 1.165) is 18.7 Å². The molecule has 0 saturated heterocycles. The Balaban J connectivity index is 0.00000245. The first-order chi connectivity index (χ1) is 15.3. The molecule has 0 aliphatic carbocycles. The molecule has 0 N–H and O–H groups in total. The lowest BCUT2D eigenvalue weighted by atomic mass is 10.2. The predicted octanol–water partition coefficient (Wildman–Crippen LogP) is 1.57. The normalized spacial score (nSPS) is 12.7. The molecule has 1 aliphatic heterocycles. The van der Waals surface area contributed by atoms with E-state index in [9.17, 15) is 4.79 Å². The van der Waals surface area contributed by atoms with Gasteiger partial charge in [-0.25, -0.2) is 0 Å². The Bertz CT molecular complexity index is 1090. The molecular formula is C28H25ClNOP. The van der Waals surface area contributed by atoms with Crippen LogP contribution in [0.15, 0.2) is 115 Å². The second kappa shape index (κ2) is 9.69. The van der Waals surface area contributed by atoms with E-state index in [1.165, 1.54) is 21.5 Å². The van der Waals surface area contributed by atoms with Crippen LogP contribution in [-0.4, -0.2) is 18.6 Å². The van der Waals surface area contributed by atoms with E-state index in [2.05, 4.69) is 91.0 Å². The standard InChI is InChI=1S/C28H25NOP.ClH/c30-28(29-21-20-23-12-10-11-19-27(23)29)22-31(24-13-4-1-5-14-24,25-15-6-2-7-16-25)26-17-8-3-9-18-26;/h1-19H,20-22H2;1H/q+1;/p-1. The molecule has 5 rings (SSSR count). The maximum atomic E-state index is 13.9. The molecular weight excluding hydrogens is 433 g/mol. The minimum absolute atomic E-state index is 0. The summed E-state index contributed by atoms with van der Waals surface area (Å²) in [5, 5.41) is 3.73. The highest BCUT2D eigenvalue weighted by Gasteiger charge is 2.48. The summed E-state index contributed by atoms with van der Waals surface area (Å²) in [6, 6.07) is 40.1. The van der Waals surface area contributed by atoms with Crippen LogP contribution in [0.1, 0.15) is 5.56 Å². The van der Waals surface area contributed by atoms with Gasteiger partial charge < -0.3 is 17.3 Å². The number of carbonyl (C=O) groups is 1. The van der Waals surface area contributed by atoms with Gasteiger partial charge in [-0.2, -0.15) is 0 Å². The van der Waals surface area contributed by atoms with Gasteiger partial charge in [0.25, 0.3) is 5.91 Å². The Morgan fingerprint density at radius 1 is 0.656 bits per heavy atom. The number of amides is 1. The molecule has 0 unspecified atom stereocenters. The molecule has 4 aromatic carbocycles. The number of halogens is 1. The predicted molar refractivity (Wildman–Crippen MR) is 133 cm³/mol. The molecule has 0 bridgehead atoms. The Morgan fingerprint density at radius 3 is 1.59 bits per heavy atom. The summed E-state index contributed by atoms with van der Waals surface area (Å²) < 4.78 is 0. The van der Waals surface area contributed by atoms with Crippen molar-refractivity contribution in [3.05, 3.63) is 121 Å². The lowest BCUT2D eigenvalue weighted by molar-refractivity contribution is -0.116. The van der Waals surface area contributed by atoms with Gasteiger partial charge >= 0.3 is 0 Å². The first kappa shape index (κ1) is 22.3. The lowest BCUT2D eigenvalue weighted by Crippen LogP contribution is -3.00. The summed E-state index contributed by atoms with van der Waals surface area (Å²) >= 11 is 0. The molecule has 0 fully saturated rings. The van der Waals surface area contributed by atoms with Crippen molar-refractivity contribution >= 4 is 34.8 Å². The van der Waals surface area contributed by atoms with Gasteiger partial charge in [-0.1, -0.05) is 72.8 Å². The van der Waals surface area contributed by atoms with Crippen molar-refractivity contribution in [1.29, 1.82) is 0 Å². The van der Waals surface area contributed by atoms with Crippen LogP contribution in [0.2, 0.25) is 0 Å². The zero-order valence-corrected chi connectivity index (χ0v) is 19.4. The topological polar surface area (TPSA) is 20.3 Å². The second-order valence-corrected chi connectivity index (χ2v) is 11.4. The van der Waals surface area contributed by atoms with E-state index >= 15 is 0 Å². The van der Waals surface area contributed by atoms with E-state index in [0.29, 0.717) is 6.16 Å². The molecule has 0 aromatic heterocycles. The van der Waals surface area contributed by atoms with Crippen molar-refractivity contribution in [2.45, 2.75) is 6.42 Å². The van der Waals surface area contributed by atoms with Gasteiger partial charge in [0.05, 0.1) is 0 Å². The van der Waals surface area contributed by atoms with Gasteiger partial charge in [-0.3, -0.25) is 4.79 Å². The van der Waals surface area contributed by atoms with Gasteiger partial charge in [0.1, 0.15) is 23.2 Å². The lowest BCUT2D eigenvalue weighted by Gasteiger charge is -2.29. The minimum Gasteiger partial charge on any atom is -1.00 e. The zero-order chi connectivity index (χ0) is 21.1. The number of rotatable bonds is 5. The number of hydrogen-bond acceptors (Lipinski definition) is 1. The summed E-state index contributed by atoms with van der Waals surface area (Å²) in [4.78, 5) is 15.9. The number of benzene rings is 4. The molecule has 4 aromatic rings. The van der Waals surface area contributed by atoms with Gasteiger partial charge in [0, 0.05) is 12.2 Å². The quantitative estimate of drug-likeness (QED) is 0.417. The fourth-order valence-corrected chi connectivity index (χ4v) is 8.72. The van der Waals surface area contributed by atoms with Crippen molar-refractivity contribution in [3.63, 3.8) is 0 Å². The Morgan fingerprint density at radius 2 is 1.09 bits per heavy atom. The maximum absolute atomic E-state index is 13.9. The van der Waals surface area contributed by atoms with E-state index < -0.39 is 7.26 Å². The molecule has 160 valence electrons. The molecule has 0 radical (unpaired) electrons. The SMILES string of the molecule is O=C(C[P+](c1ccccc1)(c1ccccc1)c1ccccc1)N1CCc2ccccc21.[Cl-]. The van der Waals surface area contributed by atoms with Gasteiger partial charge in [0.15, 0.2) is 6.16 Å². The number of hydrogen-bond donors (Lipinski definition) is 0. The average Bonchev–Trinajstić information content (AvgIpc) is 3.29. The largest absolute Gasteiger partial charge is 1.00 e. The van der Waals surface area contributed by atoms with Crippen LogP contribution in [0.4, 0.5) is 5.69 Å². The molecule has 1 aliphatic rings. The van der Waals surface area contributed by atoms with Crippen LogP contribution in [0.3, 0.4) is 0 Å². The van der Waals surface area contributed by atoms with E-state index in [1.54, 1.807) is 0 Å². The Hall–Kier alpha value is -2.93. The summed E-state index contributed by atoms with van der Waals surface area (Å²) in [6.45, 7) is 0.760. The second-order valence-electron chi connectivity index (χ2n) is 7.90. The summed E-state index contributed by atoms with van der Waals surface area (Å²) in [6.07, 6.45) is 1.41. The first-order valence-corrected chi connectivity index (χ1v) is 12.7. The molecule has 32 heavy (non-hydrogen) atoms. The number of nitrogens with zero attached hydrogens (tertiary/aromatic N) is 1. The molecule has 4 heteroatoms. The fraction of sp³-hybridized carbons (Fsp3) is 0.107. The number of para-hydroxylation sites is 1. The highest BCUT2D eigenvalue weighted by Crippen LogP contribution is 2.55. The van der Waals surface area contributed by atoms with Crippen LogP contribution in [0.5, 0.6) is 0 Å². The summed E-state index contributed by atoms with van der Waals surface area (Å²) in [5.74, 6) is 0.204. The van der Waals surface area contributed by atoms with Crippen LogP contribution in [0, 0.1) is 0 Å². The van der Waals surface area contributed by atoms with Crippen LogP contribution in [0.25, 0.3) is 0 Å². The number of carbonyl (C=O) groups excluding carboxylic acids is 1. The van der Waals surface area contributed by atoms with Gasteiger partial charge in [-0.15, -0.1) is 0 Å². The first-order valence-electron chi connectivity index (χ1n) is 10.7. The van der Waals surface area contributed by atoms with Gasteiger partial charge in [0.2, 0.25) is 0 Å². The minimum atomic E-state index is -2.16. The molecule has 2 nitrogen and oxygen atoms in total. The molecule has 1 heterocycles. The van der Waals surface area contributed by atoms with Crippen LogP contribution in [-0.2, 0) is 11.2 Å². The Kier molecular flexibility index (Phi) is 6.74. The smallest absolute Gasteiger partial charge is 0.265 e. The average molecular weight is 458 g/mol. The molecule has 1 amide bonds. The van der Waals surface area contributed by atoms with Crippen molar-refractivity contribution in [2.75, 3.05) is 17.6 Å². The third-order valence-corrected chi connectivity index (χ3v) is 10.4. The van der Waals surface area contributed by atoms with Gasteiger partial charge in [-0.05, 0) is 54.4 Å². The van der Waals surface area contributed by atoms with E-state index in [-0.39, 0.29) is 18.3 Å². The summed E-state index contributed by atoms with van der Waals surface area (Å²) in [5.41, 5.74) is 2.33. The highest BCUT2D eigenvalue weighted by molar-refractivity contribution is 7.96. The molecule has 0 spiro atoms. The Labute approximate surface area is 196 Å². The zero-order valence-electron chi connectivity index (χ0n) is 17.8. The van der Waals surface area contributed by atoms with Crippen molar-refractivity contribution < 1.29 is 17.2 Å². The van der Waals surface area contributed by atoms with Crippen molar-refractivity contribution in [1.82, 2.24) is 0 Å². The van der Waals surface area contributed by atoms with E-state index in [1.807, 2.05) is 29.2 Å². The third-order valence-electron chi connectivity index (χ3n) is 6.15. The highest BCUT2D eigenvalue weighted by atomic mass is 35.5. The number of fused-ring (bicyclic) bond motifs is 1. The van der Waals surface area contributed by atoms with Crippen LogP contribution < -0.4 is 33.2 Å². The van der Waals surface area contributed by atoms with Crippen LogP contribution >= 0.6 is 7.26 Å². The maximum Gasteiger partial charge on any atom is 0.265 e. The molecule has 0 atom stereocenters. The monoisotopic (exact) mass is 457 g/mol. The van der Waals surface area contributed by atoms with E-state index in [4.69, 9.17) is 0 Å². The number of anilines is 1. The van der Waals surface area contributed by atoms with Crippen molar-refractivity contribution in [3.8, 4) is 0 Å². The third kappa shape index (κ3) is 3.97.